The van der Waals surface area contributed by atoms with Gasteiger partial charge in [0.15, 0.2) is 0 Å². The number of phenols is 1. The van der Waals surface area contributed by atoms with Crippen molar-refractivity contribution >= 4 is 29.2 Å². The van der Waals surface area contributed by atoms with Gasteiger partial charge in [-0.15, -0.1) is 0 Å². The van der Waals surface area contributed by atoms with E-state index < -0.39 is 11.9 Å². The van der Waals surface area contributed by atoms with Crippen molar-refractivity contribution in [3.05, 3.63) is 17.9 Å². The Bertz CT molecular complexity index is 539. The predicted octanol–water partition coefficient (Wildman–Crippen LogP) is 2.71. The molecule has 0 aliphatic carbocycles. The number of fused-ring (bicyclic) bond motifs is 2. The van der Waals surface area contributed by atoms with Crippen molar-refractivity contribution in [2.24, 2.45) is 0 Å². The summed E-state index contributed by atoms with van der Waals surface area (Å²) in [5, 5.41) is 20.5. The van der Waals surface area contributed by atoms with Crippen LogP contribution in [0, 0.1) is 5.82 Å². The molecule has 5 nitrogen and oxygen atoms in total. The van der Waals surface area contributed by atoms with Gasteiger partial charge in [-0.05, 0) is 12.8 Å². The molecular weight excluding hydrogens is 283 g/mol. The Labute approximate surface area is 119 Å². The highest BCUT2D eigenvalue weighted by Crippen LogP contribution is 2.41. The molecule has 0 unspecified atom stereocenters. The van der Waals surface area contributed by atoms with Gasteiger partial charge in [0.2, 0.25) is 0 Å². The SMILES string of the molecule is O=C(O)Nc1cc(F)c(N2[C@@H]3CC[C@H]2CSC3)cc1O. The molecular formula is C13H15FN2O3S. The molecule has 0 radical (unpaired) electrons. The van der Waals surface area contributed by atoms with Crippen LogP contribution in [0.25, 0.3) is 0 Å². The molecule has 7 heteroatoms. The first-order valence-electron chi connectivity index (χ1n) is 6.45. The molecule has 20 heavy (non-hydrogen) atoms. The number of hydrogen-bond acceptors (Lipinski definition) is 4. The second-order valence-electron chi connectivity index (χ2n) is 5.08. The molecule has 0 saturated carbocycles. The minimum atomic E-state index is -1.33. The van der Waals surface area contributed by atoms with Gasteiger partial charge in [0.05, 0.1) is 11.4 Å². The number of thioether (sulfide) groups is 1. The fourth-order valence-electron chi connectivity index (χ4n) is 2.99. The lowest BCUT2D eigenvalue weighted by Crippen LogP contribution is -2.43. The number of benzene rings is 1. The molecule has 1 amide bonds. The number of anilines is 2. The zero-order valence-corrected chi connectivity index (χ0v) is 11.5. The van der Waals surface area contributed by atoms with Gasteiger partial charge in [-0.1, -0.05) is 0 Å². The number of carboxylic acid groups (broad SMARTS) is 1. The van der Waals surface area contributed by atoms with Gasteiger partial charge >= 0.3 is 6.09 Å². The van der Waals surface area contributed by atoms with E-state index in [1.54, 1.807) is 0 Å². The van der Waals surface area contributed by atoms with E-state index in [1.807, 2.05) is 22.0 Å². The van der Waals surface area contributed by atoms with Gasteiger partial charge in [-0.3, -0.25) is 5.32 Å². The van der Waals surface area contributed by atoms with Crippen molar-refractivity contribution in [1.82, 2.24) is 0 Å². The smallest absolute Gasteiger partial charge is 0.409 e. The maximum Gasteiger partial charge on any atom is 0.409 e. The van der Waals surface area contributed by atoms with Crippen LogP contribution in [0.3, 0.4) is 0 Å². The largest absolute Gasteiger partial charge is 0.506 e. The zero-order valence-electron chi connectivity index (χ0n) is 10.7. The topological polar surface area (TPSA) is 72.8 Å². The fraction of sp³-hybridized carbons (Fsp3) is 0.462. The number of aromatic hydroxyl groups is 1. The van der Waals surface area contributed by atoms with E-state index in [0.717, 1.165) is 30.4 Å². The molecule has 2 aliphatic rings. The van der Waals surface area contributed by atoms with Crippen LogP contribution < -0.4 is 10.2 Å². The first kappa shape index (κ1) is 13.4. The maximum atomic E-state index is 14.2. The Kier molecular flexibility index (Phi) is 3.37. The molecule has 2 aliphatic heterocycles. The minimum Gasteiger partial charge on any atom is -0.506 e. The standard InChI is InChI=1S/C13H15FN2O3S/c14-9-3-10(15-13(18)19)12(17)4-11(9)16-7-1-2-8(16)6-20-5-7/h3-4,7-8,15,17H,1-2,5-6H2,(H,18,19)/t7-,8+. The van der Waals surface area contributed by atoms with Crippen LogP contribution in [0.4, 0.5) is 20.6 Å². The molecule has 2 atom stereocenters. The summed E-state index contributed by atoms with van der Waals surface area (Å²) in [6, 6.07) is 2.96. The Morgan fingerprint density at radius 1 is 1.35 bits per heavy atom. The van der Waals surface area contributed by atoms with Crippen LogP contribution >= 0.6 is 11.8 Å². The summed E-state index contributed by atoms with van der Waals surface area (Å²) in [5.74, 6) is 1.18. The second kappa shape index (κ2) is 5.05. The number of nitrogens with zero attached hydrogens (tertiary/aromatic N) is 1. The highest BCUT2D eigenvalue weighted by atomic mass is 32.2. The molecule has 2 saturated heterocycles. The van der Waals surface area contributed by atoms with Crippen molar-refractivity contribution in [3.63, 3.8) is 0 Å². The summed E-state index contributed by atoms with van der Waals surface area (Å²) >= 11 is 1.88. The first-order valence-corrected chi connectivity index (χ1v) is 7.60. The normalized spacial score (nSPS) is 24.8. The lowest BCUT2D eigenvalue weighted by molar-refractivity contribution is 0.209. The summed E-state index contributed by atoms with van der Waals surface area (Å²) in [6.45, 7) is 0. The molecule has 0 spiro atoms. The highest BCUT2D eigenvalue weighted by Gasteiger charge is 2.38. The lowest BCUT2D eigenvalue weighted by Gasteiger charge is -2.36. The van der Waals surface area contributed by atoms with Gasteiger partial charge in [-0.2, -0.15) is 11.8 Å². The summed E-state index contributed by atoms with van der Waals surface area (Å²) in [7, 11) is 0. The third-order valence-electron chi connectivity index (χ3n) is 3.83. The monoisotopic (exact) mass is 298 g/mol. The number of rotatable bonds is 2. The van der Waals surface area contributed by atoms with E-state index in [9.17, 15) is 14.3 Å². The van der Waals surface area contributed by atoms with E-state index >= 15 is 0 Å². The Hall–Kier alpha value is -1.63. The van der Waals surface area contributed by atoms with E-state index in [4.69, 9.17) is 5.11 Å². The number of phenolic OH excluding ortho intramolecular Hbond substituents is 1. The van der Waals surface area contributed by atoms with Gasteiger partial charge in [0.1, 0.15) is 11.6 Å². The molecule has 0 aromatic heterocycles. The summed E-state index contributed by atoms with van der Waals surface area (Å²) in [6.07, 6.45) is 0.738. The van der Waals surface area contributed by atoms with Crippen LogP contribution in [0.15, 0.2) is 12.1 Å². The quantitative estimate of drug-likeness (QED) is 0.732. The number of hydrogen-bond donors (Lipinski definition) is 3. The summed E-state index contributed by atoms with van der Waals surface area (Å²) in [4.78, 5) is 12.6. The van der Waals surface area contributed by atoms with Crippen LogP contribution in [-0.2, 0) is 0 Å². The number of nitrogens with one attached hydrogen (secondary N) is 1. The Balaban J connectivity index is 1.94. The van der Waals surface area contributed by atoms with E-state index in [2.05, 4.69) is 0 Å². The Morgan fingerprint density at radius 3 is 2.60 bits per heavy atom. The predicted molar refractivity (Wildman–Crippen MR) is 76.3 cm³/mol. The van der Waals surface area contributed by atoms with Crippen molar-refractivity contribution < 1.29 is 19.4 Å². The van der Waals surface area contributed by atoms with Crippen LogP contribution in [0.2, 0.25) is 0 Å². The van der Waals surface area contributed by atoms with Crippen LogP contribution in [0.5, 0.6) is 5.75 Å². The average Bonchev–Trinajstić information content (AvgIpc) is 2.63. The summed E-state index contributed by atoms with van der Waals surface area (Å²) in [5.41, 5.74) is 0.240. The number of carbonyl (C=O) groups is 1. The van der Waals surface area contributed by atoms with Crippen molar-refractivity contribution in [2.75, 3.05) is 21.7 Å². The van der Waals surface area contributed by atoms with Crippen molar-refractivity contribution in [2.45, 2.75) is 24.9 Å². The van der Waals surface area contributed by atoms with E-state index in [0.29, 0.717) is 17.8 Å². The third kappa shape index (κ3) is 2.26. The number of halogens is 1. The van der Waals surface area contributed by atoms with Gasteiger partial charge in [-0.25, -0.2) is 9.18 Å². The van der Waals surface area contributed by atoms with Crippen molar-refractivity contribution in [1.29, 1.82) is 0 Å². The van der Waals surface area contributed by atoms with Gasteiger partial charge < -0.3 is 15.1 Å². The average molecular weight is 298 g/mol. The highest BCUT2D eigenvalue weighted by molar-refractivity contribution is 7.99. The van der Waals surface area contributed by atoms with Crippen LogP contribution in [0.1, 0.15) is 12.8 Å². The molecule has 3 rings (SSSR count). The molecule has 108 valence electrons. The number of amides is 1. The van der Waals surface area contributed by atoms with E-state index in [1.165, 1.54) is 6.07 Å². The second-order valence-corrected chi connectivity index (χ2v) is 6.16. The lowest BCUT2D eigenvalue weighted by atomic mass is 10.2. The molecule has 2 bridgehead atoms. The van der Waals surface area contributed by atoms with E-state index in [-0.39, 0.29) is 11.4 Å². The molecule has 2 fully saturated rings. The maximum absolute atomic E-state index is 14.2. The molecule has 1 aromatic carbocycles. The van der Waals surface area contributed by atoms with Gasteiger partial charge in [0.25, 0.3) is 0 Å². The summed E-state index contributed by atoms with van der Waals surface area (Å²) < 4.78 is 14.2. The fourth-order valence-corrected chi connectivity index (χ4v) is 4.32. The molecule has 1 aromatic rings. The van der Waals surface area contributed by atoms with Crippen LogP contribution in [-0.4, -0.2) is 39.9 Å². The first-order chi connectivity index (χ1) is 9.56. The zero-order chi connectivity index (χ0) is 14.3. The van der Waals surface area contributed by atoms with Crippen molar-refractivity contribution in [3.8, 4) is 5.75 Å². The molecule has 3 N–H and O–H groups in total. The Morgan fingerprint density at radius 2 is 2.00 bits per heavy atom. The van der Waals surface area contributed by atoms with Gasteiger partial charge in [0, 0.05) is 35.7 Å². The minimum absolute atomic E-state index is 0.127. The third-order valence-corrected chi connectivity index (χ3v) is 5.07. The molecule has 2 heterocycles.